The molecule has 126 valence electrons. The number of fused-ring (bicyclic) bond motifs is 1. The summed E-state index contributed by atoms with van der Waals surface area (Å²) in [4.78, 5) is 23.7. The van der Waals surface area contributed by atoms with Gasteiger partial charge in [-0.15, -0.1) is 0 Å². The Kier molecular flexibility index (Phi) is 5.29. The summed E-state index contributed by atoms with van der Waals surface area (Å²) in [6, 6.07) is 8.27. The van der Waals surface area contributed by atoms with Crippen molar-refractivity contribution < 1.29 is 14.3 Å². The fourth-order valence-electron chi connectivity index (χ4n) is 2.85. The van der Waals surface area contributed by atoms with Crippen LogP contribution in [0.15, 0.2) is 24.3 Å². The summed E-state index contributed by atoms with van der Waals surface area (Å²) in [5.41, 5.74) is 1.97. The number of carbonyl (C=O) groups excluding carboxylic acids is 2. The Morgan fingerprint density at radius 1 is 1.26 bits per heavy atom. The van der Waals surface area contributed by atoms with Crippen LogP contribution in [0.5, 0.6) is 0 Å². The maximum atomic E-state index is 12.1. The molecule has 23 heavy (non-hydrogen) atoms. The Bertz CT molecular complexity index is 578. The average molecular weight is 318 g/mol. The SMILES string of the molecule is CC1Cc2ccccc2C1NC(=O)CCNC(=O)OC(C)(C)C. The Hall–Kier alpha value is -2.04. The van der Waals surface area contributed by atoms with E-state index in [9.17, 15) is 9.59 Å². The van der Waals surface area contributed by atoms with E-state index >= 15 is 0 Å². The minimum absolute atomic E-state index is 0.0558. The van der Waals surface area contributed by atoms with Gasteiger partial charge in [0.1, 0.15) is 5.60 Å². The smallest absolute Gasteiger partial charge is 0.407 e. The van der Waals surface area contributed by atoms with Gasteiger partial charge >= 0.3 is 6.09 Å². The highest BCUT2D eigenvalue weighted by molar-refractivity contribution is 5.77. The Morgan fingerprint density at radius 2 is 1.96 bits per heavy atom. The third kappa shape index (κ3) is 4.98. The van der Waals surface area contributed by atoms with E-state index < -0.39 is 11.7 Å². The third-order valence-electron chi connectivity index (χ3n) is 3.84. The van der Waals surface area contributed by atoms with E-state index in [-0.39, 0.29) is 24.9 Å². The normalized spacial score (nSPS) is 19.8. The van der Waals surface area contributed by atoms with Crippen molar-refractivity contribution in [3.05, 3.63) is 35.4 Å². The van der Waals surface area contributed by atoms with Gasteiger partial charge in [-0.2, -0.15) is 0 Å². The number of amides is 2. The van der Waals surface area contributed by atoms with Gasteiger partial charge in [0.05, 0.1) is 6.04 Å². The van der Waals surface area contributed by atoms with Gasteiger partial charge in [0.2, 0.25) is 5.91 Å². The number of carbonyl (C=O) groups is 2. The van der Waals surface area contributed by atoms with Crippen LogP contribution in [0.4, 0.5) is 4.79 Å². The Morgan fingerprint density at radius 3 is 2.65 bits per heavy atom. The fraction of sp³-hybridized carbons (Fsp3) is 0.556. The molecule has 2 rings (SSSR count). The number of rotatable bonds is 4. The second-order valence-corrected chi connectivity index (χ2v) is 7.10. The van der Waals surface area contributed by atoms with Crippen molar-refractivity contribution in [1.82, 2.24) is 10.6 Å². The molecule has 2 N–H and O–H groups in total. The maximum Gasteiger partial charge on any atom is 0.407 e. The lowest BCUT2D eigenvalue weighted by Gasteiger charge is -2.20. The first kappa shape index (κ1) is 17.3. The standard InChI is InChI=1S/C18H26N2O3/c1-12-11-13-7-5-6-8-14(13)16(12)20-15(21)9-10-19-17(22)23-18(2,3)4/h5-8,12,16H,9-11H2,1-4H3,(H,19,22)(H,20,21). The van der Waals surface area contributed by atoms with Gasteiger partial charge in [-0.3, -0.25) is 4.79 Å². The number of hydrogen-bond acceptors (Lipinski definition) is 3. The summed E-state index contributed by atoms with van der Waals surface area (Å²) in [7, 11) is 0. The van der Waals surface area contributed by atoms with Gasteiger partial charge < -0.3 is 15.4 Å². The first-order valence-electron chi connectivity index (χ1n) is 8.10. The number of hydrogen-bond donors (Lipinski definition) is 2. The lowest BCUT2D eigenvalue weighted by molar-refractivity contribution is -0.122. The molecule has 5 heteroatoms. The molecule has 0 aliphatic heterocycles. The maximum absolute atomic E-state index is 12.1. The highest BCUT2D eigenvalue weighted by Gasteiger charge is 2.29. The zero-order valence-electron chi connectivity index (χ0n) is 14.3. The van der Waals surface area contributed by atoms with Crippen LogP contribution in [0.2, 0.25) is 0 Å². The lowest BCUT2D eigenvalue weighted by Crippen LogP contribution is -2.36. The molecule has 0 bridgehead atoms. The molecule has 0 radical (unpaired) electrons. The predicted molar refractivity (Wildman–Crippen MR) is 89.0 cm³/mol. The molecule has 0 saturated carbocycles. The molecule has 0 heterocycles. The van der Waals surface area contributed by atoms with Crippen LogP contribution < -0.4 is 10.6 Å². The second-order valence-electron chi connectivity index (χ2n) is 7.10. The van der Waals surface area contributed by atoms with E-state index in [1.54, 1.807) is 20.8 Å². The van der Waals surface area contributed by atoms with Crippen LogP contribution in [-0.4, -0.2) is 24.1 Å². The molecule has 5 nitrogen and oxygen atoms in total. The molecule has 1 aliphatic carbocycles. The van der Waals surface area contributed by atoms with Crippen LogP contribution >= 0.6 is 0 Å². The number of nitrogens with one attached hydrogen (secondary N) is 2. The topological polar surface area (TPSA) is 67.4 Å². The highest BCUT2D eigenvalue weighted by atomic mass is 16.6. The molecule has 2 atom stereocenters. The van der Waals surface area contributed by atoms with Crippen LogP contribution in [0.3, 0.4) is 0 Å². The Balaban J connectivity index is 1.79. The summed E-state index contributed by atoms with van der Waals surface area (Å²) in [5.74, 6) is 0.324. The third-order valence-corrected chi connectivity index (χ3v) is 3.84. The van der Waals surface area contributed by atoms with Crippen LogP contribution in [0.1, 0.15) is 51.3 Å². The van der Waals surface area contributed by atoms with E-state index in [1.807, 2.05) is 12.1 Å². The number of ether oxygens (including phenoxy) is 1. The molecule has 0 fully saturated rings. The predicted octanol–water partition coefficient (Wildman–Crippen LogP) is 2.95. The number of alkyl carbamates (subject to hydrolysis) is 1. The van der Waals surface area contributed by atoms with E-state index in [4.69, 9.17) is 4.74 Å². The van der Waals surface area contributed by atoms with Gasteiger partial charge in [-0.05, 0) is 44.2 Å². The van der Waals surface area contributed by atoms with Crippen molar-refractivity contribution in [1.29, 1.82) is 0 Å². The average Bonchev–Trinajstić information content (AvgIpc) is 2.73. The largest absolute Gasteiger partial charge is 0.444 e. The lowest BCUT2D eigenvalue weighted by atomic mass is 10.0. The zero-order chi connectivity index (χ0) is 17.0. The van der Waals surface area contributed by atoms with Gasteiger partial charge in [0, 0.05) is 13.0 Å². The first-order chi connectivity index (χ1) is 10.8. The van der Waals surface area contributed by atoms with Crippen LogP contribution in [-0.2, 0) is 16.0 Å². The van der Waals surface area contributed by atoms with E-state index in [0.717, 1.165) is 6.42 Å². The van der Waals surface area contributed by atoms with Crippen molar-refractivity contribution in [2.45, 2.75) is 52.2 Å². The molecule has 1 aliphatic rings. The molecular formula is C18H26N2O3. The quantitative estimate of drug-likeness (QED) is 0.897. The number of benzene rings is 1. The highest BCUT2D eigenvalue weighted by Crippen LogP contribution is 2.35. The van der Waals surface area contributed by atoms with Crippen LogP contribution in [0, 0.1) is 5.92 Å². The van der Waals surface area contributed by atoms with Crippen molar-refractivity contribution in [2.24, 2.45) is 5.92 Å². The molecule has 0 aromatic heterocycles. The molecular weight excluding hydrogens is 292 g/mol. The molecule has 2 unspecified atom stereocenters. The van der Waals surface area contributed by atoms with Crippen molar-refractivity contribution in [3.63, 3.8) is 0 Å². The van der Waals surface area contributed by atoms with Crippen molar-refractivity contribution in [3.8, 4) is 0 Å². The summed E-state index contributed by atoms with van der Waals surface area (Å²) in [6.45, 7) is 7.82. The molecule has 1 aromatic rings. The Labute approximate surface area is 137 Å². The van der Waals surface area contributed by atoms with Crippen LogP contribution in [0.25, 0.3) is 0 Å². The van der Waals surface area contributed by atoms with E-state index in [2.05, 4.69) is 29.7 Å². The fourth-order valence-corrected chi connectivity index (χ4v) is 2.85. The molecule has 0 saturated heterocycles. The molecule has 1 aromatic carbocycles. The summed E-state index contributed by atoms with van der Waals surface area (Å²) >= 11 is 0. The van der Waals surface area contributed by atoms with Crippen molar-refractivity contribution >= 4 is 12.0 Å². The van der Waals surface area contributed by atoms with Crippen molar-refractivity contribution in [2.75, 3.05) is 6.54 Å². The van der Waals surface area contributed by atoms with Gasteiger partial charge in [-0.1, -0.05) is 31.2 Å². The summed E-state index contributed by atoms with van der Waals surface area (Å²) < 4.78 is 5.13. The van der Waals surface area contributed by atoms with E-state index in [0.29, 0.717) is 5.92 Å². The zero-order valence-corrected chi connectivity index (χ0v) is 14.3. The molecule has 0 spiro atoms. The van der Waals surface area contributed by atoms with E-state index in [1.165, 1.54) is 11.1 Å². The minimum Gasteiger partial charge on any atom is -0.444 e. The molecule has 2 amide bonds. The monoisotopic (exact) mass is 318 g/mol. The second kappa shape index (κ2) is 7.02. The minimum atomic E-state index is -0.532. The van der Waals surface area contributed by atoms with Gasteiger partial charge in [-0.25, -0.2) is 4.79 Å². The first-order valence-corrected chi connectivity index (χ1v) is 8.10. The summed E-state index contributed by atoms with van der Waals surface area (Å²) in [5, 5.41) is 5.68. The van der Waals surface area contributed by atoms with Gasteiger partial charge in [0.15, 0.2) is 0 Å². The van der Waals surface area contributed by atoms with Gasteiger partial charge in [0.25, 0.3) is 0 Å². The summed E-state index contributed by atoms with van der Waals surface area (Å²) in [6.07, 6.45) is 0.729.